The van der Waals surface area contributed by atoms with E-state index >= 15 is 0 Å². The van der Waals surface area contributed by atoms with Gasteiger partial charge >= 0.3 is 0 Å². The van der Waals surface area contributed by atoms with E-state index in [1.165, 1.54) is 48.2 Å². The van der Waals surface area contributed by atoms with Crippen LogP contribution in [0.4, 0.5) is 0 Å². The lowest BCUT2D eigenvalue weighted by Crippen LogP contribution is -2.03. The highest BCUT2D eigenvalue weighted by atomic mass is 15.0. The SMILES string of the molecule is Cn1c2c(c3c1CCC=C3)C=CCC2. The Kier molecular flexibility index (Phi) is 1.66. The van der Waals surface area contributed by atoms with Crippen LogP contribution in [-0.4, -0.2) is 4.57 Å². The molecule has 1 heteroatoms. The third kappa shape index (κ3) is 0.955. The lowest BCUT2D eigenvalue weighted by Gasteiger charge is -2.09. The average Bonchev–Trinajstić information content (AvgIpc) is 2.55. The zero-order valence-electron chi connectivity index (χ0n) is 8.59. The number of hydrogen-bond acceptors (Lipinski definition) is 0. The zero-order chi connectivity index (χ0) is 9.54. The summed E-state index contributed by atoms with van der Waals surface area (Å²) in [6, 6.07) is 0. The van der Waals surface area contributed by atoms with E-state index in [1.807, 2.05) is 0 Å². The summed E-state index contributed by atoms with van der Waals surface area (Å²) in [5.41, 5.74) is 6.02. The van der Waals surface area contributed by atoms with Gasteiger partial charge in [0.15, 0.2) is 0 Å². The zero-order valence-corrected chi connectivity index (χ0v) is 8.59. The van der Waals surface area contributed by atoms with Crippen molar-refractivity contribution in [1.82, 2.24) is 4.57 Å². The maximum absolute atomic E-state index is 2.41. The summed E-state index contributed by atoms with van der Waals surface area (Å²) in [6.07, 6.45) is 14.0. The normalized spacial score (nSPS) is 18.1. The fourth-order valence-electron chi connectivity index (χ4n) is 2.65. The molecule has 1 aromatic rings. The molecule has 0 N–H and O–H groups in total. The highest BCUT2D eigenvalue weighted by Crippen LogP contribution is 2.32. The van der Waals surface area contributed by atoms with Crippen molar-refractivity contribution in [1.29, 1.82) is 0 Å². The van der Waals surface area contributed by atoms with Crippen LogP contribution in [0.25, 0.3) is 12.2 Å². The van der Waals surface area contributed by atoms with Crippen LogP contribution in [0.5, 0.6) is 0 Å². The van der Waals surface area contributed by atoms with Gasteiger partial charge in [-0.1, -0.05) is 24.3 Å². The van der Waals surface area contributed by atoms with Crippen molar-refractivity contribution in [2.24, 2.45) is 7.05 Å². The fraction of sp³-hybridized carbons (Fsp3) is 0.385. The first-order valence-corrected chi connectivity index (χ1v) is 5.41. The lowest BCUT2D eigenvalue weighted by molar-refractivity contribution is 0.745. The van der Waals surface area contributed by atoms with Gasteiger partial charge in [-0.05, 0) is 25.7 Å². The average molecular weight is 185 g/mol. The van der Waals surface area contributed by atoms with Crippen molar-refractivity contribution in [2.75, 3.05) is 0 Å². The molecular formula is C13H15N. The molecular weight excluding hydrogens is 170 g/mol. The molecule has 0 fully saturated rings. The highest BCUT2D eigenvalue weighted by Gasteiger charge is 2.19. The van der Waals surface area contributed by atoms with E-state index in [1.54, 1.807) is 0 Å². The Morgan fingerprint density at radius 1 is 0.929 bits per heavy atom. The van der Waals surface area contributed by atoms with E-state index < -0.39 is 0 Å². The largest absolute Gasteiger partial charge is 0.350 e. The van der Waals surface area contributed by atoms with Gasteiger partial charge in [0.25, 0.3) is 0 Å². The summed E-state index contributed by atoms with van der Waals surface area (Å²) in [4.78, 5) is 0. The Bertz CT molecular complexity index is 393. The fourth-order valence-corrected chi connectivity index (χ4v) is 2.65. The first kappa shape index (κ1) is 8.10. The quantitative estimate of drug-likeness (QED) is 0.585. The minimum Gasteiger partial charge on any atom is -0.350 e. The Morgan fingerprint density at radius 2 is 1.43 bits per heavy atom. The molecule has 0 amide bonds. The molecule has 0 aromatic carbocycles. The summed E-state index contributed by atoms with van der Waals surface area (Å²) in [5.74, 6) is 0. The second-order valence-electron chi connectivity index (χ2n) is 4.16. The molecule has 0 spiro atoms. The first-order chi connectivity index (χ1) is 6.88. The molecule has 0 atom stereocenters. The van der Waals surface area contributed by atoms with Crippen molar-refractivity contribution in [2.45, 2.75) is 25.7 Å². The van der Waals surface area contributed by atoms with E-state index in [2.05, 4.69) is 35.9 Å². The molecule has 1 aromatic heterocycles. The Hall–Kier alpha value is -1.24. The standard InChI is InChI=1S/C13H15N/c1-14-12-8-4-2-6-10(12)11-7-3-5-9-13(11)14/h2-3,6-7H,4-5,8-9H2,1H3. The predicted octanol–water partition coefficient (Wildman–Crippen LogP) is 2.94. The first-order valence-electron chi connectivity index (χ1n) is 5.41. The molecule has 0 saturated carbocycles. The predicted molar refractivity (Wildman–Crippen MR) is 60.1 cm³/mol. The van der Waals surface area contributed by atoms with Crippen molar-refractivity contribution >= 4 is 12.2 Å². The number of nitrogens with zero attached hydrogens (tertiary/aromatic N) is 1. The van der Waals surface area contributed by atoms with Crippen molar-refractivity contribution in [3.8, 4) is 0 Å². The Labute approximate surface area is 84.7 Å². The summed E-state index contributed by atoms with van der Waals surface area (Å²) in [6.45, 7) is 0. The second kappa shape index (κ2) is 2.88. The van der Waals surface area contributed by atoms with Gasteiger partial charge in [-0.3, -0.25) is 0 Å². The monoisotopic (exact) mass is 185 g/mol. The van der Waals surface area contributed by atoms with Crippen LogP contribution in [0.15, 0.2) is 12.2 Å². The molecule has 0 aliphatic heterocycles. The van der Waals surface area contributed by atoms with Gasteiger partial charge in [-0.2, -0.15) is 0 Å². The van der Waals surface area contributed by atoms with Crippen LogP contribution >= 0.6 is 0 Å². The van der Waals surface area contributed by atoms with Crippen LogP contribution in [0.3, 0.4) is 0 Å². The van der Waals surface area contributed by atoms with Gasteiger partial charge in [-0.25, -0.2) is 0 Å². The Balaban J connectivity index is 2.30. The van der Waals surface area contributed by atoms with E-state index in [0.29, 0.717) is 0 Å². The number of allylic oxidation sites excluding steroid dienone is 2. The topological polar surface area (TPSA) is 4.93 Å². The van der Waals surface area contributed by atoms with E-state index in [9.17, 15) is 0 Å². The minimum absolute atomic E-state index is 1.20. The maximum Gasteiger partial charge on any atom is 0.0256 e. The number of hydrogen-bond donors (Lipinski definition) is 0. The van der Waals surface area contributed by atoms with Gasteiger partial charge in [0.2, 0.25) is 0 Å². The number of aromatic nitrogens is 1. The lowest BCUT2D eigenvalue weighted by atomic mass is 9.97. The summed E-state index contributed by atoms with van der Waals surface area (Å²) in [5, 5.41) is 0. The Morgan fingerprint density at radius 3 is 1.93 bits per heavy atom. The highest BCUT2D eigenvalue weighted by molar-refractivity contribution is 5.72. The molecule has 1 heterocycles. The smallest absolute Gasteiger partial charge is 0.0256 e. The molecule has 0 unspecified atom stereocenters. The minimum atomic E-state index is 1.20. The maximum atomic E-state index is 2.41. The van der Waals surface area contributed by atoms with Crippen LogP contribution in [-0.2, 0) is 19.9 Å². The van der Waals surface area contributed by atoms with E-state index in [4.69, 9.17) is 0 Å². The second-order valence-corrected chi connectivity index (χ2v) is 4.16. The van der Waals surface area contributed by atoms with E-state index in [-0.39, 0.29) is 0 Å². The van der Waals surface area contributed by atoms with Gasteiger partial charge in [0.1, 0.15) is 0 Å². The third-order valence-electron chi connectivity index (χ3n) is 3.39. The van der Waals surface area contributed by atoms with Gasteiger partial charge in [0.05, 0.1) is 0 Å². The molecule has 3 rings (SSSR count). The van der Waals surface area contributed by atoms with Crippen LogP contribution in [0.2, 0.25) is 0 Å². The molecule has 2 aliphatic rings. The number of rotatable bonds is 0. The molecule has 0 bridgehead atoms. The van der Waals surface area contributed by atoms with Crippen LogP contribution < -0.4 is 0 Å². The third-order valence-corrected chi connectivity index (χ3v) is 3.39. The van der Waals surface area contributed by atoms with Gasteiger partial charge < -0.3 is 4.57 Å². The summed E-state index contributed by atoms with van der Waals surface area (Å²) >= 11 is 0. The van der Waals surface area contributed by atoms with Crippen LogP contribution in [0.1, 0.15) is 35.4 Å². The molecule has 72 valence electrons. The molecule has 14 heavy (non-hydrogen) atoms. The molecule has 2 aliphatic carbocycles. The molecule has 0 radical (unpaired) electrons. The van der Waals surface area contributed by atoms with Gasteiger partial charge in [-0.15, -0.1) is 0 Å². The van der Waals surface area contributed by atoms with Crippen molar-refractivity contribution in [3.63, 3.8) is 0 Å². The summed E-state index contributed by atoms with van der Waals surface area (Å²) in [7, 11) is 2.22. The van der Waals surface area contributed by atoms with Crippen molar-refractivity contribution < 1.29 is 0 Å². The number of fused-ring (bicyclic) bond motifs is 3. The summed E-state index contributed by atoms with van der Waals surface area (Å²) < 4.78 is 2.41. The van der Waals surface area contributed by atoms with Gasteiger partial charge in [0, 0.05) is 29.6 Å². The molecule has 1 nitrogen and oxygen atoms in total. The van der Waals surface area contributed by atoms with Crippen molar-refractivity contribution in [3.05, 3.63) is 34.7 Å². The molecule has 0 saturated heterocycles. The van der Waals surface area contributed by atoms with Crippen LogP contribution in [0, 0.1) is 0 Å². The van der Waals surface area contributed by atoms with E-state index in [0.717, 1.165) is 0 Å².